The van der Waals surface area contributed by atoms with Gasteiger partial charge in [-0.05, 0) is 0 Å². The summed E-state index contributed by atoms with van der Waals surface area (Å²) in [4.78, 5) is 18.9. The molecule has 4 nitrogen and oxygen atoms in total. The van der Waals surface area contributed by atoms with E-state index >= 15 is 0 Å². The summed E-state index contributed by atoms with van der Waals surface area (Å²) in [5, 5.41) is 15.4. The summed E-state index contributed by atoms with van der Waals surface area (Å²) >= 11 is 2.19. The first kappa shape index (κ1) is 14.1. The van der Waals surface area contributed by atoms with E-state index in [1.54, 1.807) is 0 Å². The van der Waals surface area contributed by atoms with Crippen molar-refractivity contribution in [2.45, 2.75) is 31.3 Å². The van der Waals surface area contributed by atoms with Gasteiger partial charge in [0.05, 0.1) is 0 Å². The van der Waals surface area contributed by atoms with Gasteiger partial charge in [-0.2, -0.15) is 0 Å². The van der Waals surface area contributed by atoms with Crippen molar-refractivity contribution in [2.75, 3.05) is 0 Å². The summed E-state index contributed by atoms with van der Waals surface area (Å²) in [6.45, 7) is 6.56. The van der Waals surface area contributed by atoms with Crippen LogP contribution >= 0.6 is 0 Å². The molecule has 2 N–H and O–H groups in total. The van der Waals surface area contributed by atoms with Crippen LogP contribution in [0.3, 0.4) is 0 Å². The third-order valence-corrected chi connectivity index (χ3v) is 0.302. The van der Waals surface area contributed by atoms with E-state index in [4.69, 9.17) is 10.2 Å². The van der Waals surface area contributed by atoms with Crippen molar-refractivity contribution in [1.29, 1.82) is 0 Å². The third kappa shape index (κ3) is 55.6. The molecule has 0 saturated carbocycles. The van der Waals surface area contributed by atoms with E-state index in [-0.39, 0.29) is 0 Å². The first-order valence-corrected chi connectivity index (χ1v) is 3.56. The molecule has 12 heavy (non-hydrogen) atoms. The molecule has 0 spiro atoms. The van der Waals surface area contributed by atoms with Gasteiger partial charge in [-0.15, -0.1) is 0 Å². The minimum atomic E-state index is -1.31. The zero-order valence-electron chi connectivity index (χ0n) is 7.92. The van der Waals surface area contributed by atoms with Crippen molar-refractivity contribution in [3.05, 3.63) is 0 Å². The van der Waals surface area contributed by atoms with Gasteiger partial charge < -0.3 is 10.2 Å². The fraction of sp³-hybridized carbons (Fsp3) is 0.714. The van der Waals surface area contributed by atoms with Gasteiger partial charge in [0.25, 0.3) is 0 Å². The van der Waals surface area contributed by atoms with Crippen molar-refractivity contribution >= 4 is 29.7 Å². The molecule has 66 valence electrons. The van der Waals surface area contributed by atoms with Gasteiger partial charge in [0.2, 0.25) is 0 Å². The Labute approximate surface area is 81.2 Å². The SMILES string of the molecule is O=C(O)CC(=O)O.[Li][C](C)(C)C. The molecule has 0 atom stereocenters. The van der Waals surface area contributed by atoms with E-state index in [0.717, 1.165) is 0 Å². The van der Waals surface area contributed by atoms with Gasteiger partial charge in [0.15, 0.2) is 0 Å². The maximum atomic E-state index is 9.43. The number of rotatable bonds is 2. The van der Waals surface area contributed by atoms with Crippen LogP contribution in [0.25, 0.3) is 0 Å². The average Bonchev–Trinajstić information content (AvgIpc) is 1.52. The number of carboxylic acid groups (broad SMARTS) is 2. The van der Waals surface area contributed by atoms with Crippen LogP contribution in [0.1, 0.15) is 27.2 Å². The van der Waals surface area contributed by atoms with Gasteiger partial charge in [-0.1, -0.05) is 0 Å². The maximum absolute atomic E-state index is 9.43. The Kier molecular flexibility index (Phi) is 7.16. The van der Waals surface area contributed by atoms with E-state index in [9.17, 15) is 9.59 Å². The molecule has 0 aromatic carbocycles. The van der Waals surface area contributed by atoms with E-state index in [0.29, 0.717) is 4.09 Å². The second-order valence-electron chi connectivity index (χ2n) is 3.96. The minimum absolute atomic E-state index is 0.500. The average molecular weight is 168 g/mol. The molecular formula is C7H13LiO4. The quantitative estimate of drug-likeness (QED) is 0.474. The molecule has 5 heteroatoms. The fourth-order valence-electron chi connectivity index (χ4n) is 0.129. The standard InChI is InChI=1S/C4H9.C3H4O4.Li/c1-4(2)3;4-2(5)1-3(6)7;/h1-3H3;1H2,(H,4,5)(H,6,7);. The monoisotopic (exact) mass is 168 g/mol. The fourth-order valence-corrected chi connectivity index (χ4v) is 0.129. The Morgan fingerprint density at radius 2 is 1.33 bits per heavy atom. The molecule has 0 radical (unpaired) electrons. The summed E-state index contributed by atoms with van der Waals surface area (Å²) in [6, 6.07) is 0. The van der Waals surface area contributed by atoms with Crippen molar-refractivity contribution in [3.8, 4) is 0 Å². The number of aliphatic carboxylic acids is 2. The molecule has 0 aliphatic rings. The Hall–Kier alpha value is -0.463. The molecule has 0 aliphatic carbocycles. The van der Waals surface area contributed by atoms with E-state index in [2.05, 4.69) is 38.5 Å². The Morgan fingerprint density at radius 3 is 1.33 bits per heavy atom. The van der Waals surface area contributed by atoms with Gasteiger partial charge in [0.1, 0.15) is 6.42 Å². The molecule has 0 heterocycles. The van der Waals surface area contributed by atoms with Crippen LogP contribution in [0, 0.1) is 0 Å². The van der Waals surface area contributed by atoms with Crippen LogP contribution < -0.4 is 0 Å². The summed E-state index contributed by atoms with van der Waals surface area (Å²) in [5.41, 5.74) is 0. The molecular weight excluding hydrogens is 155 g/mol. The zero-order valence-corrected chi connectivity index (χ0v) is 7.92. The number of hydrogen-bond acceptors (Lipinski definition) is 2. The Bertz CT molecular complexity index is 141. The summed E-state index contributed by atoms with van der Waals surface area (Å²) < 4.78 is 0.500. The van der Waals surface area contributed by atoms with Crippen molar-refractivity contribution in [3.63, 3.8) is 0 Å². The van der Waals surface area contributed by atoms with Gasteiger partial charge in [0, 0.05) is 0 Å². The topological polar surface area (TPSA) is 74.6 Å². The first-order chi connectivity index (χ1) is 5.13. The number of carboxylic acids is 2. The van der Waals surface area contributed by atoms with Crippen molar-refractivity contribution in [2.24, 2.45) is 0 Å². The first-order valence-electron chi connectivity index (χ1n) is 3.56. The molecule has 0 aromatic rings. The molecule has 0 unspecified atom stereocenters. The van der Waals surface area contributed by atoms with E-state index in [1.807, 2.05) is 0 Å². The molecule has 0 aromatic heterocycles. The second kappa shape index (κ2) is 6.10. The molecule has 0 aliphatic heterocycles. The van der Waals surface area contributed by atoms with Crippen LogP contribution in [0.5, 0.6) is 0 Å². The summed E-state index contributed by atoms with van der Waals surface area (Å²) in [7, 11) is 0. The Morgan fingerprint density at radius 1 is 1.17 bits per heavy atom. The molecule has 0 saturated heterocycles. The molecule has 0 amide bonds. The van der Waals surface area contributed by atoms with Crippen LogP contribution in [-0.4, -0.2) is 39.9 Å². The van der Waals surface area contributed by atoms with Crippen molar-refractivity contribution in [1.82, 2.24) is 0 Å². The number of hydrogen-bond donors (Lipinski definition) is 2. The second-order valence-corrected chi connectivity index (χ2v) is 3.96. The normalized spacial score (nSPS) is 9.75. The van der Waals surface area contributed by atoms with Crippen molar-refractivity contribution < 1.29 is 19.8 Å². The third-order valence-electron chi connectivity index (χ3n) is 0.302. The van der Waals surface area contributed by atoms with Crippen LogP contribution in [0.2, 0.25) is 4.09 Å². The predicted molar refractivity (Wildman–Crippen MR) is 45.4 cm³/mol. The van der Waals surface area contributed by atoms with Crippen LogP contribution in [0.4, 0.5) is 0 Å². The summed E-state index contributed by atoms with van der Waals surface area (Å²) in [5.74, 6) is -2.62. The Balaban J connectivity index is 0. The zero-order chi connectivity index (χ0) is 10.4. The van der Waals surface area contributed by atoms with E-state index in [1.165, 1.54) is 0 Å². The molecule has 0 bridgehead atoms. The number of carbonyl (C=O) groups is 2. The van der Waals surface area contributed by atoms with Gasteiger partial charge in [-0.25, -0.2) is 0 Å². The molecule has 0 rings (SSSR count). The van der Waals surface area contributed by atoms with Gasteiger partial charge >= 0.3 is 54.5 Å². The van der Waals surface area contributed by atoms with E-state index < -0.39 is 18.4 Å². The molecule has 0 fully saturated rings. The van der Waals surface area contributed by atoms with Gasteiger partial charge in [-0.3, -0.25) is 9.59 Å². The predicted octanol–water partition coefficient (Wildman–Crippen LogP) is 0.919. The van der Waals surface area contributed by atoms with Crippen LogP contribution in [-0.2, 0) is 9.59 Å². The van der Waals surface area contributed by atoms with Crippen LogP contribution in [0.15, 0.2) is 0 Å². The summed E-state index contributed by atoms with van der Waals surface area (Å²) in [6.07, 6.45) is -0.806.